The lowest BCUT2D eigenvalue weighted by molar-refractivity contribution is 0.0371. The Labute approximate surface area is 88.0 Å². The molecule has 1 aliphatic heterocycles. The molecule has 0 atom stereocenters. The maximum absolute atomic E-state index is 11.5. The van der Waals surface area contributed by atoms with Crippen LogP contribution in [0.3, 0.4) is 0 Å². The number of pyridine rings is 1. The number of esters is 1. The van der Waals surface area contributed by atoms with Crippen LogP contribution in [-0.2, 0) is 11.3 Å². The van der Waals surface area contributed by atoms with Crippen molar-refractivity contribution in [2.24, 2.45) is 4.99 Å². The van der Waals surface area contributed by atoms with Crippen molar-refractivity contribution < 1.29 is 9.53 Å². The number of hydrogen-bond acceptors (Lipinski definition) is 4. The SMILES string of the molecule is CC(C)OC(=O)c1cc2c(cn1)C=NC2. The zero-order valence-corrected chi connectivity index (χ0v) is 8.73. The Hall–Kier alpha value is -1.71. The third-order valence-electron chi connectivity index (χ3n) is 2.07. The van der Waals surface area contributed by atoms with E-state index in [1.165, 1.54) is 0 Å². The van der Waals surface area contributed by atoms with Crippen molar-refractivity contribution in [3.63, 3.8) is 0 Å². The number of carbonyl (C=O) groups excluding carboxylic acids is 1. The maximum atomic E-state index is 11.5. The molecule has 0 spiro atoms. The summed E-state index contributed by atoms with van der Waals surface area (Å²) in [5, 5.41) is 0. The minimum absolute atomic E-state index is 0.121. The van der Waals surface area contributed by atoms with Gasteiger partial charge in [0.1, 0.15) is 5.69 Å². The van der Waals surface area contributed by atoms with Gasteiger partial charge in [-0.05, 0) is 25.5 Å². The molecule has 0 amide bonds. The second-order valence-corrected chi connectivity index (χ2v) is 3.69. The van der Waals surface area contributed by atoms with Gasteiger partial charge in [0.15, 0.2) is 0 Å². The van der Waals surface area contributed by atoms with Crippen LogP contribution in [0.1, 0.15) is 35.5 Å². The predicted octanol–water partition coefficient (Wildman–Crippen LogP) is 1.58. The fourth-order valence-electron chi connectivity index (χ4n) is 1.39. The number of aromatic nitrogens is 1. The molecule has 4 heteroatoms. The molecule has 0 unspecified atom stereocenters. The summed E-state index contributed by atoms with van der Waals surface area (Å²) in [5.74, 6) is -0.375. The van der Waals surface area contributed by atoms with E-state index in [0.29, 0.717) is 12.2 Å². The number of nitrogens with zero attached hydrogens (tertiary/aromatic N) is 2. The topological polar surface area (TPSA) is 51.5 Å². The van der Waals surface area contributed by atoms with Crippen LogP contribution in [0.5, 0.6) is 0 Å². The molecule has 0 aromatic carbocycles. The van der Waals surface area contributed by atoms with E-state index in [1.807, 2.05) is 13.8 Å². The van der Waals surface area contributed by atoms with Gasteiger partial charge in [0.25, 0.3) is 0 Å². The van der Waals surface area contributed by atoms with Gasteiger partial charge in [-0.1, -0.05) is 0 Å². The molecule has 15 heavy (non-hydrogen) atoms. The van der Waals surface area contributed by atoms with Crippen LogP contribution in [0, 0.1) is 0 Å². The van der Waals surface area contributed by atoms with E-state index in [4.69, 9.17) is 4.74 Å². The van der Waals surface area contributed by atoms with Crippen molar-refractivity contribution in [1.82, 2.24) is 4.98 Å². The number of fused-ring (bicyclic) bond motifs is 1. The van der Waals surface area contributed by atoms with E-state index in [-0.39, 0.29) is 12.1 Å². The summed E-state index contributed by atoms with van der Waals surface area (Å²) < 4.78 is 5.05. The summed E-state index contributed by atoms with van der Waals surface area (Å²) in [6.07, 6.45) is 3.30. The molecule has 0 fully saturated rings. The molecule has 0 saturated carbocycles. The van der Waals surface area contributed by atoms with E-state index in [1.54, 1.807) is 18.5 Å². The van der Waals surface area contributed by atoms with Crippen LogP contribution in [0.15, 0.2) is 17.3 Å². The molecule has 2 rings (SSSR count). The minimum atomic E-state index is -0.375. The third-order valence-corrected chi connectivity index (χ3v) is 2.07. The van der Waals surface area contributed by atoms with E-state index in [9.17, 15) is 4.79 Å². The first-order chi connectivity index (χ1) is 7.16. The molecule has 0 aliphatic carbocycles. The summed E-state index contributed by atoms with van der Waals surface area (Å²) in [4.78, 5) is 19.7. The molecule has 1 aliphatic rings. The summed E-state index contributed by atoms with van der Waals surface area (Å²) in [6.45, 7) is 4.25. The van der Waals surface area contributed by atoms with Gasteiger partial charge < -0.3 is 4.74 Å². The lowest BCUT2D eigenvalue weighted by atomic mass is 10.1. The van der Waals surface area contributed by atoms with Gasteiger partial charge in [-0.25, -0.2) is 9.78 Å². The number of aliphatic imine (C=N–C) groups is 1. The summed E-state index contributed by atoms with van der Waals surface area (Å²) >= 11 is 0. The summed E-state index contributed by atoms with van der Waals surface area (Å²) in [5.41, 5.74) is 2.37. The summed E-state index contributed by atoms with van der Waals surface area (Å²) in [7, 11) is 0. The Bertz CT molecular complexity index is 425. The van der Waals surface area contributed by atoms with Crippen LogP contribution < -0.4 is 0 Å². The Morgan fingerprint density at radius 2 is 2.33 bits per heavy atom. The van der Waals surface area contributed by atoms with Crippen molar-refractivity contribution >= 4 is 12.2 Å². The van der Waals surface area contributed by atoms with Gasteiger partial charge in [-0.15, -0.1) is 0 Å². The first-order valence-electron chi connectivity index (χ1n) is 4.86. The highest BCUT2D eigenvalue weighted by atomic mass is 16.5. The minimum Gasteiger partial charge on any atom is -0.458 e. The van der Waals surface area contributed by atoms with Crippen molar-refractivity contribution in [1.29, 1.82) is 0 Å². The van der Waals surface area contributed by atoms with Crippen LogP contribution in [0.2, 0.25) is 0 Å². The third kappa shape index (κ3) is 2.03. The normalized spacial score (nSPS) is 13.0. The highest BCUT2D eigenvalue weighted by molar-refractivity contribution is 5.90. The molecule has 4 nitrogen and oxygen atoms in total. The van der Waals surface area contributed by atoms with Crippen molar-refractivity contribution in [2.45, 2.75) is 26.5 Å². The summed E-state index contributed by atoms with van der Waals surface area (Å²) in [6, 6.07) is 1.74. The van der Waals surface area contributed by atoms with Gasteiger partial charge in [0, 0.05) is 18.0 Å². The average molecular weight is 204 g/mol. The highest BCUT2D eigenvalue weighted by Crippen LogP contribution is 2.15. The molecule has 0 saturated heterocycles. The first-order valence-corrected chi connectivity index (χ1v) is 4.86. The van der Waals surface area contributed by atoms with Crippen molar-refractivity contribution in [3.05, 3.63) is 29.1 Å². The Morgan fingerprint density at radius 3 is 3.07 bits per heavy atom. The van der Waals surface area contributed by atoms with E-state index >= 15 is 0 Å². The zero-order valence-electron chi connectivity index (χ0n) is 8.73. The van der Waals surface area contributed by atoms with Crippen molar-refractivity contribution in [2.75, 3.05) is 0 Å². The van der Waals surface area contributed by atoms with Gasteiger partial charge in [0.2, 0.25) is 0 Å². The number of ether oxygens (including phenoxy) is 1. The lowest BCUT2D eigenvalue weighted by Crippen LogP contribution is -2.13. The fraction of sp³-hybridized carbons (Fsp3) is 0.364. The second kappa shape index (κ2) is 3.81. The Kier molecular flexibility index (Phi) is 2.49. The van der Waals surface area contributed by atoms with Crippen LogP contribution in [0.25, 0.3) is 0 Å². The maximum Gasteiger partial charge on any atom is 0.357 e. The predicted molar refractivity (Wildman–Crippen MR) is 56.1 cm³/mol. The van der Waals surface area contributed by atoms with Gasteiger partial charge >= 0.3 is 5.97 Å². The zero-order chi connectivity index (χ0) is 10.8. The Balaban J connectivity index is 2.21. The van der Waals surface area contributed by atoms with Gasteiger partial charge in [-0.3, -0.25) is 4.99 Å². The fourth-order valence-corrected chi connectivity index (χ4v) is 1.39. The van der Waals surface area contributed by atoms with Crippen LogP contribution in [-0.4, -0.2) is 23.3 Å². The smallest absolute Gasteiger partial charge is 0.357 e. The number of rotatable bonds is 2. The molecule has 0 bridgehead atoms. The van der Waals surface area contributed by atoms with Gasteiger partial charge in [0.05, 0.1) is 12.6 Å². The second-order valence-electron chi connectivity index (χ2n) is 3.69. The quantitative estimate of drug-likeness (QED) is 0.687. The molecule has 0 N–H and O–H groups in total. The molecule has 1 aromatic heterocycles. The van der Waals surface area contributed by atoms with E-state index in [0.717, 1.165) is 11.1 Å². The monoisotopic (exact) mass is 204 g/mol. The first kappa shape index (κ1) is 9.83. The molecular formula is C11H12N2O2. The highest BCUT2D eigenvalue weighted by Gasteiger charge is 2.14. The largest absolute Gasteiger partial charge is 0.458 e. The number of hydrogen-bond donors (Lipinski definition) is 0. The van der Waals surface area contributed by atoms with E-state index in [2.05, 4.69) is 9.98 Å². The number of carbonyl (C=O) groups is 1. The average Bonchev–Trinajstić information content (AvgIpc) is 2.62. The molecule has 78 valence electrons. The molecule has 2 heterocycles. The van der Waals surface area contributed by atoms with E-state index < -0.39 is 0 Å². The van der Waals surface area contributed by atoms with Crippen LogP contribution >= 0.6 is 0 Å². The molecule has 0 radical (unpaired) electrons. The molecule has 1 aromatic rings. The lowest BCUT2D eigenvalue weighted by Gasteiger charge is -2.07. The molecular weight excluding hydrogens is 192 g/mol. The standard InChI is InChI=1S/C11H12N2O2/c1-7(2)15-11(14)10-3-8-4-12-5-9(8)6-13-10/h3,5-7H,4H2,1-2H3. The van der Waals surface area contributed by atoms with Gasteiger partial charge in [-0.2, -0.15) is 0 Å². The Morgan fingerprint density at radius 1 is 1.53 bits per heavy atom. The van der Waals surface area contributed by atoms with Crippen molar-refractivity contribution in [3.8, 4) is 0 Å². The van der Waals surface area contributed by atoms with Crippen LogP contribution in [0.4, 0.5) is 0 Å².